The molecule has 2 nitrogen and oxygen atoms in total. The van der Waals surface area contributed by atoms with Crippen LogP contribution in [0.25, 0.3) is 0 Å². The summed E-state index contributed by atoms with van der Waals surface area (Å²) >= 11 is 0. The van der Waals surface area contributed by atoms with Gasteiger partial charge in [-0.25, -0.2) is 0 Å². The molecule has 2 heteroatoms. The van der Waals surface area contributed by atoms with Crippen LogP contribution in [0.1, 0.15) is 39.5 Å². The fraction of sp³-hybridized carbons (Fsp3) is 1.00. The van der Waals surface area contributed by atoms with E-state index < -0.39 is 0 Å². The van der Waals surface area contributed by atoms with Gasteiger partial charge in [0.05, 0.1) is 6.10 Å². The Morgan fingerprint density at radius 2 is 2.00 bits per heavy atom. The van der Waals surface area contributed by atoms with E-state index in [1.165, 1.54) is 0 Å². The Kier molecular flexibility index (Phi) is 3.13. The minimum atomic E-state index is -0.148. The van der Waals surface area contributed by atoms with Gasteiger partial charge in [-0.05, 0) is 37.0 Å². The van der Waals surface area contributed by atoms with E-state index in [2.05, 4.69) is 13.8 Å². The summed E-state index contributed by atoms with van der Waals surface area (Å²) in [7, 11) is 0. The topological polar surface area (TPSA) is 40.5 Å². The van der Waals surface area contributed by atoms with Crippen LogP contribution in [0.2, 0.25) is 0 Å². The summed E-state index contributed by atoms with van der Waals surface area (Å²) in [5.74, 6) is 0.522. The maximum atomic E-state index is 9.56. The van der Waals surface area contributed by atoms with E-state index in [1.807, 2.05) is 0 Å². The monoisotopic (exact) mass is 172 g/mol. The Labute approximate surface area is 74.6 Å². The number of aliphatic hydroxyl groups is 2. The van der Waals surface area contributed by atoms with Gasteiger partial charge in [-0.3, -0.25) is 0 Å². The van der Waals surface area contributed by atoms with Gasteiger partial charge in [0.1, 0.15) is 0 Å². The van der Waals surface area contributed by atoms with Crippen molar-refractivity contribution in [3.05, 3.63) is 0 Å². The van der Waals surface area contributed by atoms with Crippen LogP contribution in [0.5, 0.6) is 0 Å². The van der Waals surface area contributed by atoms with E-state index in [0.717, 1.165) is 25.7 Å². The normalized spacial score (nSPS) is 35.0. The Morgan fingerprint density at radius 3 is 2.50 bits per heavy atom. The largest absolute Gasteiger partial charge is 0.396 e. The highest BCUT2D eigenvalue weighted by molar-refractivity contribution is 4.83. The molecule has 72 valence electrons. The molecule has 0 aromatic rings. The molecule has 1 aliphatic rings. The lowest BCUT2D eigenvalue weighted by Crippen LogP contribution is -2.32. The van der Waals surface area contributed by atoms with Crippen molar-refractivity contribution >= 4 is 0 Å². The molecule has 1 aliphatic carbocycles. The van der Waals surface area contributed by atoms with Gasteiger partial charge in [0.15, 0.2) is 0 Å². The zero-order valence-corrected chi connectivity index (χ0v) is 8.08. The van der Waals surface area contributed by atoms with Crippen molar-refractivity contribution in [2.75, 3.05) is 6.61 Å². The maximum Gasteiger partial charge on any atom is 0.0548 e. The van der Waals surface area contributed by atoms with Gasteiger partial charge in [-0.1, -0.05) is 13.8 Å². The van der Waals surface area contributed by atoms with Crippen LogP contribution in [0.4, 0.5) is 0 Å². The Bertz CT molecular complexity index is 143. The number of aliphatic hydroxyl groups excluding tert-OH is 2. The van der Waals surface area contributed by atoms with Crippen molar-refractivity contribution in [2.45, 2.75) is 45.6 Å². The van der Waals surface area contributed by atoms with Crippen LogP contribution in [0, 0.1) is 11.3 Å². The third-order valence-electron chi connectivity index (χ3n) is 2.77. The molecule has 0 radical (unpaired) electrons. The number of rotatable bonds is 2. The SMILES string of the molecule is CC1(C)CC(O)CC(CCO)C1. The second kappa shape index (κ2) is 3.75. The maximum absolute atomic E-state index is 9.56. The Morgan fingerprint density at radius 1 is 1.33 bits per heavy atom. The molecule has 0 spiro atoms. The summed E-state index contributed by atoms with van der Waals surface area (Å²) in [5.41, 5.74) is 0.261. The fourth-order valence-electron chi connectivity index (χ4n) is 2.46. The van der Waals surface area contributed by atoms with Crippen LogP contribution in [0.15, 0.2) is 0 Å². The minimum absolute atomic E-state index is 0.148. The Balaban J connectivity index is 2.46. The van der Waals surface area contributed by atoms with E-state index >= 15 is 0 Å². The number of hydrogen-bond donors (Lipinski definition) is 2. The molecule has 2 atom stereocenters. The second-order valence-corrected chi connectivity index (χ2v) is 4.84. The molecular weight excluding hydrogens is 152 g/mol. The summed E-state index contributed by atoms with van der Waals surface area (Å²) in [4.78, 5) is 0. The smallest absolute Gasteiger partial charge is 0.0548 e. The van der Waals surface area contributed by atoms with Gasteiger partial charge in [0.25, 0.3) is 0 Å². The summed E-state index contributed by atoms with van der Waals surface area (Å²) in [5, 5.41) is 18.4. The zero-order chi connectivity index (χ0) is 9.19. The number of hydrogen-bond acceptors (Lipinski definition) is 2. The predicted octanol–water partition coefficient (Wildman–Crippen LogP) is 1.56. The van der Waals surface area contributed by atoms with Crippen LogP contribution in [0.3, 0.4) is 0 Å². The van der Waals surface area contributed by atoms with Crippen LogP contribution < -0.4 is 0 Å². The highest BCUT2D eigenvalue weighted by atomic mass is 16.3. The van der Waals surface area contributed by atoms with Crippen molar-refractivity contribution in [2.24, 2.45) is 11.3 Å². The van der Waals surface area contributed by atoms with Gasteiger partial charge in [-0.15, -0.1) is 0 Å². The van der Waals surface area contributed by atoms with E-state index in [4.69, 9.17) is 5.11 Å². The standard InChI is InChI=1S/C10H20O2/c1-10(2)6-8(3-4-11)5-9(12)7-10/h8-9,11-12H,3-7H2,1-2H3. The van der Waals surface area contributed by atoms with Crippen molar-refractivity contribution in [3.63, 3.8) is 0 Å². The molecule has 0 aromatic heterocycles. The van der Waals surface area contributed by atoms with Gasteiger partial charge in [-0.2, -0.15) is 0 Å². The fourth-order valence-corrected chi connectivity index (χ4v) is 2.46. The molecule has 0 bridgehead atoms. The molecule has 0 amide bonds. The molecule has 1 rings (SSSR count). The quantitative estimate of drug-likeness (QED) is 0.663. The highest BCUT2D eigenvalue weighted by Gasteiger charge is 2.32. The molecule has 1 fully saturated rings. The van der Waals surface area contributed by atoms with Crippen molar-refractivity contribution in [1.82, 2.24) is 0 Å². The summed E-state index contributed by atoms with van der Waals surface area (Å²) in [6.45, 7) is 4.65. The molecule has 2 unspecified atom stereocenters. The van der Waals surface area contributed by atoms with Crippen LogP contribution in [-0.2, 0) is 0 Å². The average Bonchev–Trinajstić information content (AvgIpc) is 1.82. The lowest BCUT2D eigenvalue weighted by molar-refractivity contribution is 0.0268. The third-order valence-corrected chi connectivity index (χ3v) is 2.77. The van der Waals surface area contributed by atoms with Crippen LogP contribution in [-0.4, -0.2) is 22.9 Å². The molecule has 12 heavy (non-hydrogen) atoms. The van der Waals surface area contributed by atoms with E-state index in [1.54, 1.807) is 0 Å². The lowest BCUT2D eigenvalue weighted by atomic mass is 9.70. The molecule has 0 aliphatic heterocycles. The molecular formula is C10H20O2. The molecule has 1 saturated carbocycles. The average molecular weight is 172 g/mol. The molecule has 0 heterocycles. The Hall–Kier alpha value is -0.0800. The van der Waals surface area contributed by atoms with Crippen molar-refractivity contribution in [1.29, 1.82) is 0 Å². The summed E-state index contributed by atoms with van der Waals surface area (Å²) in [6.07, 6.45) is 3.63. The summed E-state index contributed by atoms with van der Waals surface area (Å²) in [6, 6.07) is 0. The predicted molar refractivity (Wildman–Crippen MR) is 48.8 cm³/mol. The van der Waals surface area contributed by atoms with E-state index in [-0.39, 0.29) is 18.1 Å². The second-order valence-electron chi connectivity index (χ2n) is 4.84. The lowest BCUT2D eigenvalue weighted by Gasteiger charge is -2.38. The van der Waals surface area contributed by atoms with Gasteiger partial charge in [0, 0.05) is 6.61 Å². The van der Waals surface area contributed by atoms with Crippen LogP contribution >= 0.6 is 0 Å². The van der Waals surface area contributed by atoms with Gasteiger partial charge in [0.2, 0.25) is 0 Å². The van der Waals surface area contributed by atoms with Crippen molar-refractivity contribution in [3.8, 4) is 0 Å². The highest BCUT2D eigenvalue weighted by Crippen LogP contribution is 2.39. The summed E-state index contributed by atoms with van der Waals surface area (Å²) < 4.78 is 0. The van der Waals surface area contributed by atoms with Gasteiger partial charge >= 0.3 is 0 Å². The van der Waals surface area contributed by atoms with E-state index in [9.17, 15) is 5.11 Å². The minimum Gasteiger partial charge on any atom is -0.396 e. The first kappa shape index (κ1) is 10.0. The third kappa shape index (κ3) is 2.76. The van der Waals surface area contributed by atoms with E-state index in [0.29, 0.717) is 5.92 Å². The molecule has 0 saturated heterocycles. The molecule has 0 aromatic carbocycles. The zero-order valence-electron chi connectivity index (χ0n) is 8.08. The molecule has 2 N–H and O–H groups in total. The first-order valence-electron chi connectivity index (χ1n) is 4.82. The van der Waals surface area contributed by atoms with Gasteiger partial charge < -0.3 is 10.2 Å². The first-order valence-corrected chi connectivity index (χ1v) is 4.82. The van der Waals surface area contributed by atoms with Crippen molar-refractivity contribution < 1.29 is 10.2 Å². The first-order chi connectivity index (χ1) is 5.53.